The van der Waals surface area contributed by atoms with Crippen molar-refractivity contribution in [3.05, 3.63) is 65.2 Å². The highest BCUT2D eigenvalue weighted by Crippen LogP contribution is 2.28. The topological polar surface area (TPSA) is 30.7 Å². The average Bonchev–Trinajstić information content (AvgIpc) is 2.85. The van der Waals surface area contributed by atoms with Crippen LogP contribution in [0, 0.1) is 17.5 Å². The van der Waals surface area contributed by atoms with Gasteiger partial charge in [0.25, 0.3) is 0 Å². The Hall–Kier alpha value is -2.34. The lowest BCUT2D eigenvalue weighted by Crippen LogP contribution is -2.04. The minimum atomic E-state index is -1.31. The minimum absolute atomic E-state index is 0.185. The van der Waals surface area contributed by atoms with E-state index in [1.807, 2.05) is 0 Å². The van der Waals surface area contributed by atoms with Gasteiger partial charge in [-0.1, -0.05) is 30.3 Å². The number of rotatable bonds is 2. The lowest BCUT2D eigenvalue weighted by molar-refractivity contribution is 0.490. The zero-order valence-electron chi connectivity index (χ0n) is 10.4. The second-order valence-electron chi connectivity index (χ2n) is 4.21. The standard InChI is InChI=1S/C14H7ClF3N3/c15-14-20-19-13(8-4-2-1-3-5-8)21(14)11-7-9(16)6-10(17)12(11)18/h1-7H. The van der Waals surface area contributed by atoms with Crippen LogP contribution in [-0.4, -0.2) is 14.8 Å². The van der Waals surface area contributed by atoms with E-state index in [1.54, 1.807) is 30.3 Å². The first kappa shape index (κ1) is 13.6. The highest BCUT2D eigenvalue weighted by molar-refractivity contribution is 6.28. The SMILES string of the molecule is Fc1cc(F)c(F)c(-n2c(Cl)nnc2-c2ccccc2)c1. The lowest BCUT2D eigenvalue weighted by Gasteiger charge is -2.09. The monoisotopic (exact) mass is 309 g/mol. The van der Waals surface area contributed by atoms with Crippen LogP contribution in [0.3, 0.4) is 0 Å². The number of hydrogen-bond acceptors (Lipinski definition) is 2. The van der Waals surface area contributed by atoms with Gasteiger partial charge in [0.05, 0.1) is 5.69 Å². The van der Waals surface area contributed by atoms with Gasteiger partial charge in [-0.2, -0.15) is 0 Å². The molecule has 1 aromatic heterocycles. The van der Waals surface area contributed by atoms with Crippen LogP contribution in [0.15, 0.2) is 42.5 Å². The maximum absolute atomic E-state index is 13.9. The predicted molar refractivity (Wildman–Crippen MR) is 71.7 cm³/mol. The second-order valence-corrected chi connectivity index (χ2v) is 4.55. The fraction of sp³-hybridized carbons (Fsp3) is 0. The highest BCUT2D eigenvalue weighted by Gasteiger charge is 2.20. The van der Waals surface area contributed by atoms with Gasteiger partial charge in [-0.05, 0) is 11.6 Å². The van der Waals surface area contributed by atoms with Crippen molar-refractivity contribution in [1.82, 2.24) is 14.8 Å². The molecular formula is C14H7ClF3N3. The van der Waals surface area contributed by atoms with E-state index < -0.39 is 17.5 Å². The van der Waals surface area contributed by atoms with E-state index in [4.69, 9.17) is 11.6 Å². The van der Waals surface area contributed by atoms with E-state index in [0.29, 0.717) is 11.6 Å². The molecule has 0 aliphatic carbocycles. The Morgan fingerprint density at radius 3 is 2.38 bits per heavy atom. The molecule has 0 saturated heterocycles. The van der Waals surface area contributed by atoms with Crippen LogP contribution in [-0.2, 0) is 0 Å². The molecule has 1 heterocycles. The fourth-order valence-electron chi connectivity index (χ4n) is 1.96. The van der Waals surface area contributed by atoms with Gasteiger partial charge in [0.2, 0.25) is 5.28 Å². The van der Waals surface area contributed by atoms with Crippen molar-refractivity contribution in [1.29, 1.82) is 0 Å². The summed E-state index contributed by atoms with van der Waals surface area (Å²) in [6.07, 6.45) is 0. The second kappa shape index (κ2) is 5.21. The Labute approximate surface area is 122 Å². The lowest BCUT2D eigenvalue weighted by atomic mass is 10.2. The van der Waals surface area contributed by atoms with Crippen LogP contribution < -0.4 is 0 Å². The van der Waals surface area contributed by atoms with Gasteiger partial charge in [-0.3, -0.25) is 4.57 Å². The number of hydrogen-bond donors (Lipinski definition) is 0. The van der Waals surface area contributed by atoms with Crippen LogP contribution >= 0.6 is 11.6 Å². The van der Waals surface area contributed by atoms with E-state index in [1.165, 1.54) is 0 Å². The number of benzene rings is 2. The predicted octanol–water partition coefficient (Wildman–Crippen LogP) is 4.01. The molecule has 3 nitrogen and oxygen atoms in total. The van der Waals surface area contributed by atoms with Crippen LogP contribution in [0.4, 0.5) is 13.2 Å². The van der Waals surface area contributed by atoms with E-state index >= 15 is 0 Å². The van der Waals surface area contributed by atoms with Crippen molar-refractivity contribution in [3.63, 3.8) is 0 Å². The molecule has 0 unspecified atom stereocenters. The van der Waals surface area contributed by atoms with Crippen molar-refractivity contribution in [3.8, 4) is 17.1 Å². The molecule has 21 heavy (non-hydrogen) atoms. The maximum Gasteiger partial charge on any atom is 0.230 e. The van der Waals surface area contributed by atoms with E-state index in [2.05, 4.69) is 10.2 Å². The Kier molecular flexibility index (Phi) is 3.39. The van der Waals surface area contributed by atoms with Crippen LogP contribution in [0.1, 0.15) is 0 Å². The van der Waals surface area contributed by atoms with Gasteiger partial charge in [-0.25, -0.2) is 13.2 Å². The zero-order valence-corrected chi connectivity index (χ0v) is 11.2. The van der Waals surface area contributed by atoms with Gasteiger partial charge < -0.3 is 0 Å². The first-order valence-corrected chi connectivity index (χ1v) is 6.27. The summed E-state index contributed by atoms with van der Waals surface area (Å²) in [5.41, 5.74) is 0.197. The molecule has 0 bridgehead atoms. The first-order valence-electron chi connectivity index (χ1n) is 5.89. The normalized spacial score (nSPS) is 10.9. The molecule has 0 spiro atoms. The summed E-state index contributed by atoms with van der Waals surface area (Å²) in [5, 5.41) is 7.27. The van der Waals surface area contributed by atoms with Crippen molar-refractivity contribution in [2.45, 2.75) is 0 Å². The summed E-state index contributed by atoms with van der Waals surface area (Å²) in [7, 11) is 0. The Bertz CT molecular complexity index is 803. The fourth-order valence-corrected chi connectivity index (χ4v) is 2.17. The molecule has 2 aromatic carbocycles. The Morgan fingerprint density at radius 2 is 1.67 bits per heavy atom. The molecule has 0 fully saturated rings. The molecule has 0 amide bonds. The Balaban J connectivity index is 2.27. The summed E-state index contributed by atoms with van der Waals surface area (Å²) in [5.74, 6) is -3.28. The molecular weight excluding hydrogens is 303 g/mol. The number of aromatic nitrogens is 3. The summed E-state index contributed by atoms with van der Waals surface area (Å²) < 4.78 is 41.7. The minimum Gasteiger partial charge on any atom is -0.263 e. The Morgan fingerprint density at radius 1 is 0.952 bits per heavy atom. The molecule has 106 valence electrons. The molecule has 0 radical (unpaired) electrons. The first-order chi connectivity index (χ1) is 10.1. The maximum atomic E-state index is 13.9. The molecule has 0 aliphatic heterocycles. The molecule has 0 atom stereocenters. The number of halogens is 4. The van der Waals surface area contributed by atoms with Crippen molar-refractivity contribution < 1.29 is 13.2 Å². The largest absolute Gasteiger partial charge is 0.263 e. The summed E-state index contributed by atoms with van der Waals surface area (Å²) in [4.78, 5) is 0. The van der Waals surface area contributed by atoms with Crippen molar-refractivity contribution in [2.75, 3.05) is 0 Å². The number of nitrogens with zero attached hydrogens (tertiary/aromatic N) is 3. The molecule has 0 aliphatic rings. The van der Waals surface area contributed by atoms with E-state index in [9.17, 15) is 13.2 Å². The zero-order chi connectivity index (χ0) is 15.0. The summed E-state index contributed by atoms with van der Waals surface area (Å²) in [6, 6.07) is 9.96. The molecule has 7 heteroatoms. The van der Waals surface area contributed by atoms with Crippen molar-refractivity contribution in [2.24, 2.45) is 0 Å². The average molecular weight is 310 g/mol. The quantitative estimate of drug-likeness (QED) is 0.670. The molecule has 3 rings (SSSR count). The highest BCUT2D eigenvalue weighted by atomic mass is 35.5. The van der Waals surface area contributed by atoms with Gasteiger partial charge in [0, 0.05) is 17.7 Å². The molecule has 0 saturated carbocycles. The van der Waals surface area contributed by atoms with Gasteiger partial charge in [-0.15, -0.1) is 10.2 Å². The summed E-state index contributed by atoms with van der Waals surface area (Å²) >= 11 is 5.88. The van der Waals surface area contributed by atoms with E-state index in [0.717, 1.165) is 10.6 Å². The van der Waals surface area contributed by atoms with Crippen LogP contribution in [0.2, 0.25) is 5.28 Å². The third-order valence-electron chi connectivity index (χ3n) is 2.87. The third kappa shape index (κ3) is 2.38. The van der Waals surface area contributed by atoms with Crippen LogP contribution in [0.5, 0.6) is 0 Å². The third-order valence-corrected chi connectivity index (χ3v) is 3.11. The summed E-state index contributed by atoms with van der Waals surface area (Å²) in [6.45, 7) is 0. The van der Waals surface area contributed by atoms with Gasteiger partial charge in [0.15, 0.2) is 17.5 Å². The smallest absolute Gasteiger partial charge is 0.230 e. The molecule has 0 N–H and O–H groups in total. The van der Waals surface area contributed by atoms with Crippen LogP contribution in [0.25, 0.3) is 17.1 Å². The molecule has 3 aromatic rings. The van der Waals surface area contributed by atoms with Gasteiger partial charge in [0.1, 0.15) is 5.82 Å². The van der Waals surface area contributed by atoms with Gasteiger partial charge >= 0.3 is 0 Å². The van der Waals surface area contributed by atoms with E-state index in [-0.39, 0.29) is 16.8 Å². The van der Waals surface area contributed by atoms with Crippen molar-refractivity contribution >= 4 is 11.6 Å².